The number of nitrogens with one attached hydrogen (secondary N) is 1. The summed E-state index contributed by atoms with van der Waals surface area (Å²) in [6.45, 7) is 0.876. The molecule has 0 saturated heterocycles. The van der Waals surface area contributed by atoms with Gasteiger partial charge in [-0.3, -0.25) is 4.21 Å². The van der Waals surface area contributed by atoms with E-state index in [0.29, 0.717) is 0 Å². The summed E-state index contributed by atoms with van der Waals surface area (Å²) < 4.78 is 10.8. The molecule has 1 rings (SSSR count). The van der Waals surface area contributed by atoms with Crippen LogP contribution in [0.15, 0.2) is 0 Å². The van der Waals surface area contributed by atoms with Crippen LogP contribution in [-0.2, 0) is 10.8 Å². The normalized spacial score (nSPS) is 30.1. The van der Waals surface area contributed by atoms with E-state index in [1.54, 1.807) is 6.26 Å². The predicted octanol–water partition coefficient (Wildman–Crippen LogP) is 0.648. The second-order valence-electron chi connectivity index (χ2n) is 4.04. The first kappa shape index (κ1) is 12.1. The largest absolute Gasteiger partial charge is 0.392 e. The minimum atomic E-state index is -0.683. The van der Waals surface area contributed by atoms with Gasteiger partial charge in [0, 0.05) is 28.9 Å². The average molecular weight is 219 g/mol. The van der Waals surface area contributed by atoms with Crippen molar-refractivity contribution >= 4 is 10.8 Å². The molecule has 0 aromatic heterocycles. The van der Waals surface area contributed by atoms with Crippen molar-refractivity contribution in [3.05, 3.63) is 0 Å². The van der Waals surface area contributed by atoms with E-state index in [0.717, 1.165) is 38.0 Å². The lowest BCUT2D eigenvalue weighted by Gasteiger charge is -2.28. The van der Waals surface area contributed by atoms with Crippen LogP contribution < -0.4 is 5.32 Å². The lowest BCUT2D eigenvalue weighted by molar-refractivity contribution is 0.0913. The summed E-state index contributed by atoms with van der Waals surface area (Å²) in [5.41, 5.74) is 0. The standard InChI is InChI=1S/C10H21NO2S/c1-14(13)8-4-7-11-9-5-2-3-6-10(9)12/h9-12H,2-8H2,1H3. The first-order valence-electron chi connectivity index (χ1n) is 5.41. The number of hydrogen-bond acceptors (Lipinski definition) is 3. The Kier molecular flexibility index (Phi) is 5.67. The van der Waals surface area contributed by atoms with Crippen molar-refractivity contribution in [1.29, 1.82) is 0 Å². The van der Waals surface area contributed by atoms with Gasteiger partial charge in [-0.25, -0.2) is 0 Å². The lowest BCUT2D eigenvalue weighted by Crippen LogP contribution is -2.42. The maximum Gasteiger partial charge on any atom is 0.0693 e. The van der Waals surface area contributed by atoms with Gasteiger partial charge in [0.05, 0.1) is 6.10 Å². The summed E-state index contributed by atoms with van der Waals surface area (Å²) in [6, 6.07) is 0.272. The summed E-state index contributed by atoms with van der Waals surface area (Å²) in [4.78, 5) is 0. The third kappa shape index (κ3) is 4.53. The van der Waals surface area contributed by atoms with Crippen LogP contribution in [0.4, 0.5) is 0 Å². The van der Waals surface area contributed by atoms with Crippen molar-refractivity contribution in [3.8, 4) is 0 Å². The molecule has 3 atom stereocenters. The molecule has 1 fully saturated rings. The molecule has 0 amide bonds. The maximum atomic E-state index is 10.8. The van der Waals surface area contributed by atoms with Crippen molar-refractivity contribution in [1.82, 2.24) is 5.32 Å². The van der Waals surface area contributed by atoms with Crippen molar-refractivity contribution in [3.63, 3.8) is 0 Å². The quantitative estimate of drug-likeness (QED) is 0.667. The molecule has 3 nitrogen and oxygen atoms in total. The molecule has 0 radical (unpaired) electrons. The Labute approximate surface area is 88.7 Å². The van der Waals surface area contributed by atoms with Crippen LogP contribution >= 0.6 is 0 Å². The molecule has 0 aromatic carbocycles. The Morgan fingerprint density at radius 1 is 1.43 bits per heavy atom. The zero-order valence-electron chi connectivity index (χ0n) is 8.87. The highest BCUT2D eigenvalue weighted by molar-refractivity contribution is 7.84. The van der Waals surface area contributed by atoms with Gasteiger partial charge in [0.15, 0.2) is 0 Å². The van der Waals surface area contributed by atoms with E-state index in [-0.39, 0.29) is 12.1 Å². The van der Waals surface area contributed by atoms with Gasteiger partial charge < -0.3 is 10.4 Å². The zero-order chi connectivity index (χ0) is 10.4. The Hall–Kier alpha value is 0.0700. The summed E-state index contributed by atoms with van der Waals surface area (Å²) in [6.07, 6.45) is 6.87. The van der Waals surface area contributed by atoms with Crippen molar-refractivity contribution in [2.75, 3.05) is 18.6 Å². The molecule has 1 aliphatic carbocycles. The van der Waals surface area contributed by atoms with Crippen LogP contribution in [0.5, 0.6) is 0 Å². The van der Waals surface area contributed by atoms with Crippen LogP contribution in [0.25, 0.3) is 0 Å². The monoisotopic (exact) mass is 219 g/mol. The maximum absolute atomic E-state index is 10.8. The van der Waals surface area contributed by atoms with Crippen molar-refractivity contribution in [2.24, 2.45) is 0 Å². The molecule has 0 heterocycles. The smallest absolute Gasteiger partial charge is 0.0693 e. The molecular formula is C10H21NO2S. The van der Waals surface area contributed by atoms with Gasteiger partial charge >= 0.3 is 0 Å². The molecule has 1 saturated carbocycles. The van der Waals surface area contributed by atoms with Crippen molar-refractivity contribution in [2.45, 2.75) is 44.2 Å². The minimum absolute atomic E-state index is 0.170. The SMILES string of the molecule is CS(=O)CCCNC1CCCCC1O. The summed E-state index contributed by atoms with van der Waals surface area (Å²) in [5.74, 6) is 0.760. The van der Waals surface area contributed by atoms with E-state index in [4.69, 9.17) is 0 Å². The average Bonchev–Trinajstić information content (AvgIpc) is 2.15. The molecule has 0 aliphatic heterocycles. The van der Waals surface area contributed by atoms with E-state index in [1.165, 1.54) is 6.42 Å². The van der Waals surface area contributed by atoms with Gasteiger partial charge in [-0.2, -0.15) is 0 Å². The highest BCUT2D eigenvalue weighted by atomic mass is 32.2. The third-order valence-electron chi connectivity index (χ3n) is 2.74. The van der Waals surface area contributed by atoms with Crippen LogP contribution in [-0.4, -0.2) is 40.0 Å². The Morgan fingerprint density at radius 2 is 2.14 bits per heavy atom. The van der Waals surface area contributed by atoms with E-state index in [2.05, 4.69) is 5.32 Å². The molecule has 0 bridgehead atoms. The van der Waals surface area contributed by atoms with Crippen molar-refractivity contribution < 1.29 is 9.32 Å². The number of aliphatic hydroxyl groups is 1. The minimum Gasteiger partial charge on any atom is -0.392 e. The van der Waals surface area contributed by atoms with Gasteiger partial charge in [0.2, 0.25) is 0 Å². The van der Waals surface area contributed by atoms with Gasteiger partial charge in [0.1, 0.15) is 0 Å². The van der Waals surface area contributed by atoms with Gasteiger partial charge in [-0.1, -0.05) is 12.8 Å². The van der Waals surface area contributed by atoms with Gasteiger partial charge in [0.25, 0.3) is 0 Å². The number of aliphatic hydroxyl groups excluding tert-OH is 1. The Morgan fingerprint density at radius 3 is 2.79 bits per heavy atom. The molecule has 0 spiro atoms. The van der Waals surface area contributed by atoms with Crippen LogP contribution in [0.3, 0.4) is 0 Å². The van der Waals surface area contributed by atoms with Crippen LogP contribution in [0.2, 0.25) is 0 Å². The van der Waals surface area contributed by atoms with E-state index < -0.39 is 10.8 Å². The fraction of sp³-hybridized carbons (Fsp3) is 1.00. The van der Waals surface area contributed by atoms with E-state index in [9.17, 15) is 9.32 Å². The molecular weight excluding hydrogens is 198 g/mol. The molecule has 0 aromatic rings. The molecule has 2 N–H and O–H groups in total. The molecule has 14 heavy (non-hydrogen) atoms. The second kappa shape index (κ2) is 6.53. The molecule has 4 heteroatoms. The predicted molar refractivity (Wildman–Crippen MR) is 59.8 cm³/mol. The fourth-order valence-electron chi connectivity index (χ4n) is 1.91. The van der Waals surface area contributed by atoms with E-state index in [1.807, 2.05) is 0 Å². The fourth-order valence-corrected chi connectivity index (χ4v) is 2.46. The lowest BCUT2D eigenvalue weighted by atomic mass is 9.92. The Bertz CT molecular complexity index is 187. The summed E-state index contributed by atoms with van der Waals surface area (Å²) >= 11 is 0. The number of hydrogen-bond donors (Lipinski definition) is 2. The highest BCUT2D eigenvalue weighted by Gasteiger charge is 2.21. The first-order chi connectivity index (χ1) is 6.70. The number of rotatable bonds is 5. The highest BCUT2D eigenvalue weighted by Crippen LogP contribution is 2.18. The summed E-state index contributed by atoms with van der Waals surface area (Å²) in [5, 5.41) is 13.0. The third-order valence-corrected chi connectivity index (χ3v) is 3.61. The zero-order valence-corrected chi connectivity index (χ0v) is 9.68. The van der Waals surface area contributed by atoms with Crippen LogP contribution in [0, 0.1) is 0 Å². The Balaban J connectivity index is 2.07. The second-order valence-corrected chi connectivity index (χ2v) is 5.60. The molecule has 84 valence electrons. The van der Waals surface area contributed by atoms with Gasteiger partial charge in [-0.05, 0) is 25.8 Å². The first-order valence-corrected chi connectivity index (χ1v) is 7.14. The molecule has 1 aliphatic rings. The summed E-state index contributed by atoms with van der Waals surface area (Å²) in [7, 11) is -0.683. The van der Waals surface area contributed by atoms with Gasteiger partial charge in [-0.15, -0.1) is 0 Å². The van der Waals surface area contributed by atoms with Crippen LogP contribution in [0.1, 0.15) is 32.1 Å². The van der Waals surface area contributed by atoms with E-state index >= 15 is 0 Å². The topological polar surface area (TPSA) is 49.3 Å². The molecule has 3 unspecified atom stereocenters.